The van der Waals surface area contributed by atoms with Crippen molar-refractivity contribution in [1.82, 2.24) is 15.5 Å². The number of hydrogen-bond acceptors (Lipinski definition) is 3. The minimum absolute atomic E-state index is 0.529. The summed E-state index contributed by atoms with van der Waals surface area (Å²) < 4.78 is 5.72. The largest absolute Gasteiger partial charge is 0.494 e. The monoisotopic (exact) mass is 374 g/mol. The second kappa shape index (κ2) is 12.6. The molecule has 1 saturated heterocycles. The van der Waals surface area contributed by atoms with Crippen molar-refractivity contribution in [2.24, 2.45) is 4.99 Å². The van der Waals surface area contributed by atoms with Crippen molar-refractivity contribution in [3.8, 4) is 5.75 Å². The molecule has 1 heterocycles. The molecule has 1 aliphatic rings. The standard InChI is InChI=1S/C22H38N4O/c1-4-14-26-15-11-20(12-16-26)25-22(23-6-3)24-13-10-19-8-7-9-21(18-19)27-17-5-2/h7-9,18,20H,4-6,10-17H2,1-3H3,(H2,23,24,25). The highest BCUT2D eigenvalue weighted by Crippen LogP contribution is 2.14. The van der Waals surface area contributed by atoms with Crippen LogP contribution < -0.4 is 15.4 Å². The fraction of sp³-hybridized carbons (Fsp3) is 0.682. The van der Waals surface area contributed by atoms with Gasteiger partial charge in [-0.3, -0.25) is 4.99 Å². The predicted octanol–water partition coefficient (Wildman–Crippen LogP) is 3.45. The molecule has 0 amide bonds. The maximum atomic E-state index is 5.72. The van der Waals surface area contributed by atoms with Crippen LogP contribution >= 0.6 is 0 Å². The molecule has 0 spiro atoms. The van der Waals surface area contributed by atoms with E-state index in [0.29, 0.717) is 6.04 Å². The van der Waals surface area contributed by atoms with Gasteiger partial charge >= 0.3 is 0 Å². The second-order valence-corrected chi connectivity index (χ2v) is 7.27. The fourth-order valence-corrected chi connectivity index (χ4v) is 3.44. The van der Waals surface area contributed by atoms with Gasteiger partial charge in [-0.1, -0.05) is 26.0 Å². The van der Waals surface area contributed by atoms with Crippen LogP contribution in [0.5, 0.6) is 5.75 Å². The van der Waals surface area contributed by atoms with Gasteiger partial charge in [0, 0.05) is 32.2 Å². The lowest BCUT2D eigenvalue weighted by Crippen LogP contribution is -2.48. The number of nitrogens with zero attached hydrogens (tertiary/aromatic N) is 2. The quantitative estimate of drug-likeness (QED) is 0.486. The van der Waals surface area contributed by atoms with Crippen LogP contribution in [-0.4, -0.2) is 56.2 Å². The van der Waals surface area contributed by atoms with Gasteiger partial charge in [-0.25, -0.2) is 0 Å². The molecule has 0 atom stereocenters. The number of rotatable bonds is 10. The highest BCUT2D eigenvalue weighted by atomic mass is 16.5. The normalized spacial score (nSPS) is 16.3. The molecule has 1 aliphatic heterocycles. The Kier molecular flexibility index (Phi) is 10.1. The predicted molar refractivity (Wildman–Crippen MR) is 115 cm³/mol. The van der Waals surface area contributed by atoms with Crippen molar-refractivity contribution in [3.63, 3.8) is 0 Å². The molecule has 0 unspecified atom stereocenters. The van der Waals surface area contributed by atoms with Crippen molar-refractivity contribution in [1.29, 1.82) is 0 Å². The van der Waals surface area contributed by atoms with Gasteiger partial charge in [0.15, 0.2) is 5.96 Å². The summed E-state index contributed by atoms with van der Waals surface area (Å²) in [6.45, 7) is 12.5. The molecule has 0 bridgehead atoms. The molecule has 5 heteroatoms. The SMILES string of the molecule is CCCOc1cccc(CCN=C(NCC)NC2CCN(CCC)CC2)c1. The second-order valence-electron chi connectivity index (χ2n) is 7.27. The molecule has 2 N–H and O–H groups in total. The number of hydrogen-bond donors (Lipinski definition) is 2. The lowest BCUT2D eigenvalue weighted by molar-refractivity contribution is 0.206. The first-order valence-corrected chi connectivity index (χ1v) is 10.7. The number of piperidine rings is 1. The van der Waals surface area contributed by atoms with Crippen LogP contribution in [0.1, 0.15) is 52.0 Å². The first-order chi connectivity index (χ1) is 13.2. The third kappa shape index (κ3) is 8.21. The van der Waals surface area contributed by atoms with Gasteiger partial charge < -0.3 is 20.3 Å². The van der Waals surface area contributed by atoms with Crippen LogP contribution in [0.3, 0.4) is 0 Å². The van der Waals surface area contributed by atoms with Gasteiger partial charge in [-0.05, 0) is 63.3 Å². The zero-order chi connectivity index (χ0) is 19.3. The average Bonchev–Trinajstić information content (AvgIpc) is 2.68. The van der Waals surface area contributed by atoms with E-state index in [0.717, 1.165) is 44.2 Å². The zero-order valence-electron chi connectivity index (χ0n) is 17.5. The van der Waals surface area contributed by atoms with Gasteiger partial charge in [-0.2, -0.15) is 0 Å². The Hall–Kier alpha value is -1.75. The summed E-state index contributed by atoms with van der Waals surface area (Å²) in [7, 11) is 0. The number of likely N-dealkylation sites (tertiary alicyclic amines) is 1. The Bertz CT molecular complexity index is 553. The first kappa shape index (κ1) is 21.5. The Morgan fingerprint density at radius 1 is 1.19 bits per heavy atom. The lowest BCUT2D eigenvalue weighted by Gasteiger charge is -2.32. The van der Waals surface area contributed by atoms with E-state index < -0.39 is 0 Å². The van der Waals surface area contributed by atoms with Crippen molar-refractivity contribution in [2.45, 2.75) is 58.9 Å². The van der Waals surface area contributed by atoms with Gasteiger partial charge in [0.05, 0.1) is 6.61 Å². The van der Waals surface area contributed by atoms with Gasteiger partial charge in [-0.15, -0.1) is 0 Å². The van der Waals surface area contributed by atoms with E-state index in [9.17, 15) is 0 Å². The summed E-state index contributed by atoms with van der Waals surface area (Å²) in [6.07, 6.45) is 5.59. The van der Waals surface area contributed by atoms with Crippen LogP contribution in [0.15, 0.2) is 29.3 Å². The third-order valence-electron chi connectivity index (χ3n) is 4.85. The summed E-state index contributed by atoms with van der Waals surface area (Å²) in [4.78, 5) is 7.36. The van der Waals surface area contributed by atoms with Crippen LogP contribution in [-0.2, 0) is 6.42 Å². The zero-order valence-corrected chi connectivity index (χ0v) is 17.5. The fourth-order valence-electron chi connectivity index (χ4n) is 3.44. The molecular weight excluding hydrogens is 336 g/mol. The Balaban J connectivity index is 1.81. The number of benzene rings is 1. The maximum Gasteiger partial charge on any atom is 0.191 e. The summed E-state index contributed by atoms with van der Waals surface area (Å²) in [5.74, 6) is 1.91. The van der Waals surface area contributed by atoms with E-state index in [-0.39, 0.29) is 0 Å². The summed E-state index contributed by atoms with van der Waals surface area (Å²) in [6, 6.07) is 8.91. The maximum absolute atomic E-state index is 5.72. The van der Waals surface area contributed by atoms with E-state index in [1.165, 1.54) is 44.5 Å². The van der Waals surface area contributed by atoms with Crippen LogP contribution in [0, 0.1) is 0 Å². The molecule has 2 rings (SSSR count). The third-order valence-corrected chi connectivity index (χ3v) is 4.85. The van der Waals surface area contributed by atoms with Crippen LogP contribution in [0.4, 0.5) is 0 Å². The molecule has 1 fully saturated rings. The molecule has 27 heavy (non-hydrogen) atoms. The van der Waals surface area contributed by atoms with Crippen LogP contribution in [0.25, 0.3) is 0 Å². The summed E-state index contributed by atoms with van der Waals surface area (Å²) in [5, 5.41) is 7.03. The topological polar surface area (TPSA) is 48.9 Å². The van der Waals surface area contributed by atoms with Gasteiger partial charge in [0.2, 0.25) is 0 Å². The molecule has 5 nitrogen and oxygen atoms in total. The smallest absolute Gasteiger partial charge is 0.191 e. The van der Waals surface area contributed by atoms with Gasteiger partial charge in [0.1, 0.15) is 5.75 Å². The first-order valence-electron chi connectivity index (χ1n) is 10.7. The van der Waals surface area contributed by atoms with E-state index >= 15 is 0 Å². The Morgan fingerprint density at radius 3 is 2.70 bits per heavy atom. The summed E-state index contributed by atoms with van der Waals surface area (Å²) >= 11 is 0. The molecule has 1 aromatic rings. The number of guanidine groups is 1. The van der Waals surface area contributed by atoms with Crippen molar-refractivity contribution in [3.05, 3.63) is 29.8 Å². The van der Waals surface area contributed by atoms with E-state index in [4.69, 9.17) is 9.73 Å². The van der Waals surface area contributed by atoms with Crippen molar-refractivity contribution < 1.29 is 4.74 Å². The number of aliphatic imine (C=N–C) groups is 1. The average molecular weight is 375 g/mol. The van der Waals surface area contributed by atoms with E-state index in [1.54, 1.807) is 0 Å². The van der Waals surface area contributed by atoms with E-state index in [1.807, 2.05) is 6.07 Å². The minimum Gasteiger partial charge on any atom is -0.494 e. The lowest BCUT2D eigenvalue weighted by atomic mass is 10.1. The molecule has 152 valence electrons. The van der Waals surface area contributed by atoms with E-state index in [2.05, 4.69) is 54.5 Å². The highest BCUT2D eigenvalue weighted by Gasteiger charge is 2.19. The molecule has 0 aliphatic carbocycles. The van der Waals surface area contributed by atoms with Gasteiger partial charge in [0.25, 0.3) is 0 Å². The number of ether oxygens (including phenoxy) is 1. The Labute approximate surface area is 165 Å². The summed E-state index contributed by atoms with van der Waals surface area (Å²) in [5.41, 5.74) is 1.27. The van der Waals surface area contributed by atoms with Crippen molar-refractivity contribution >= 4 is 5.96 Å². The van der Waals surface area contributed by atoms with Crippen LogP contribution in [0.2, 0.25) is 0 Å². The molecular formula is C22H38N4O. The Morgan fingerprint density at radius 2 is 2.00 bits per heavy atom. The van der Waals surface area contributed by atoms with Crippen molar-refractivity contribution in [2.75, 3.05) is 39.3 Å². The highest BCUT2D eigenvalue weighted by molar-refractivity contribution is 5.80. The minimum atomic E-state index is 0.529. The molecule has 0 radical (unpaired) electrons. The molecule has 1 aromatic carbocycles. The number of nitrogens with one attached hydrogen (secondary N) is 2. The molecule has 0 saturated carbocycles. The molecule has 0 aromatic heterocycles.